The van der Waals surface area contributed by atoms with Gasteiger partial charge in [0.15, 0.2) is 0 Å². The first kappa shape index (κ1) is 18.6. The van der Waals surface area contributed by atoms with Gasteiger partial charge >= 0.3 is 0 Å². The molecule has 0 aliphatic carbocycles. The molecule has 6 heteroatoms. The molecule has 4 N–H and O–H groups in total. The molecule has 2 amide bonds. The predicted octanol–water partition coefficient (Wildman–Crippen LogP) is 3.39. The number of carbonyl (C=O) groups excluding carboxylic acids is 2. The molecule has 5 nitrogen and oxygen atoms in total. The van der Waals surface area contributed by atoms with Crippen LogP contribution < -0.4 is 16.4 Å². The number of anilines is 2. The van der Waals surface area contributed by atoms with E-state index in [9.17, 15) is 14.0 Å². The van der Waals surface area contributed by atoms with E-state index in [1.165, 1.54) is 18.2 Å². The average Bonchev–Trinajstić information content (AvgIpc) is 2.60. The summed E-state index contributed by atoms with van der Waals surface area (Å²) in [6, 6.07) is 11.5. The molecule has 25 heavy (non-hydrogen) atoms. The summed E-state index contributed by atoms with van der Waals surface area (Å²) < 4.78 is 13.2. The quantitative estimate of drug-likeness (QED) is 0.752. The number of nitrogens with two attached hydrogens (primary N) is 1. The maximum Gasteiger partial charge on any atom is 0.255 e. The highest BCUT2D eigenvalue weighted by molar-refractivity contribution is 6.05. The van der Waals surface area contributed by atoms with Crippen LogP contribution in [-0.4, -0.2) is 17.9 Å². The van der Waals surface area contributed by atoms with E-state index < -0.39 is 17.8 Å². The third-order valence-electron chi connectivity index (χ3n) is 4.03. The van der Waals surface area contributed by atoms with Gasteiger partial charge in [-0.1, -0.05) is 32.4 Å². The molecule has 0 aromatic heterocycles. The Morgan fingerprint density at radius 2 is 1.72 bits per heavy atom. The normalized spacial score (nSPS) is 13.0. The molecule has 0 bridgehead atoms. The van der Waals surface area contributed by atoms with Crippen molar-refractivity contribution < 1.29 is 14.0 Å². The van der Waals surface area contributed by atoms with Crippen molar-refractivity contribution >= 4 is 23.2 Å². The van der Waals surface area contributed by atoms with Gasteiger partial charge in [0.1, 0.15) is 5.82 Å². The second-order valence-corrected chi connectivity index (χ2v) is 5.95. The fraction of sp³-hybridized carbons (Fsp3) is 0.263. The largest absolute Gasteiger partial charge is 0.325 e. The van der Waals surface area contributed by atoms with Gasteiger partial charge in [-0.25, -0.2) is 4.39 Å². The van der Waals surface area contributed by atoms with Crippen LogP contribution in [0.15, 0.2) is 48.5 Å². The Balaban J connectivity index is 2.07. The number of carbonyl (C=O) groups is 2. The summed E-state index contributed by atoms with van der Waals surface area (Å²) in [5, 5.41) is 5.33. The lowest BCUT2D eigenvalue weighted by Gasteiger charge is -2.18. The first-order valence-electron chi connectivity index (χ1n) is 8.14. The highest BCUT2D eigenvalue weighted by atomic mass is 19.1. The molecule has 0 aliphatic heterocycles. The molecule has 0 aliphatic rings. The first-order valence-corrected chi connectivity index (χ1v) is 8.14. The molecule has 0 heterocycles. The van der Waals surface area contributed by atoms with Gasteiger partial charge in [0, 0.05) is 16.9 Å². The van der Waals surface area contributed by atoms with Crippen molar-refractivity contribution in [3.05, 3.63) is 59.9 Å². The topological polar surface area (TPSA) is 84.2 Å². The number of hydrogen-bond donors (Lipinski definition) is 3. The minimum Gasteiger partial charge on any atom is -0.325 e. The van der Waals surface area contributed by atoms with E-state index in [0.29, 0.717) is 16.9 Å². The second kappa shape index (κ2) is 8.39. The van der Waals surface area contributed by atoms with Crippen molar-refractivity contribution in [3.63, 3.8) is 0 Å². The van der Waals surface area contributed by atoms with Gasteiger partial charge in [0.05, 0.1) is 6.04 Å². The molecule has 0 fully saturated rings. The summed E-state index contributed by atoms with van der Waals surface area (Å²) >= 11 is 0. The van der Waals surface area contributed by atoms with Gasteiger partial charge in [0.2, 0.25) is 5.91 Å². The first-order chi connectivity index (χ1) is 11.9. The third kappa shape index (κ3) is 5.12. The molecular weight excluding hydrogens is 321 g/mol. The molecule has 0 spiro atoms. The predicted molar refractivity (Wildman–Crippen MR) is 96.9 cm³/mol. The molecule has 2 aromatic rings. The zero-order chi connectivity index (χ0) is 18.4. The minimum atomic E-state index is -0.616. The van der Waals surface area contributed by atoms with Crippen molar-refractivity contribution in [2.75, 3.05) is 10.6 Å². The summed E-state index contributed by atoms with van der Waals surface area (Å²) in [4.78, 5) is 24.4. The van der Waals surface area contributed by atoms with Crippen LogP contribution in [0.1, 0.15) is 30.6 Å². The molecular formula is C19H22FN3O2. The zero-order valence-corrected chi connectivity index (χ0v) is 14.3. The maximum absolute atomic E-state index is 13.2. The number of rotatable bonds is 6. The summed E-state index contributed by atoms with van der Waals surface area (Å²) in [5.74, 6) is -1.07. The van der Waals surface area contributed by atoms with E-state index in [4.69, 9.17) is 5.73 Å². The Bertz CT molecular complexity index is 764. The highest BCUT2D eigenvalue weighted by Crippen LogP contribution is 2.15. The van der Waals surface area contributed by atoms with E-state index in [1.54, 1.807) is 30.3 Å². The summed E-state index contributed by atoms with van der Waals surface area (Å²) in [6.07, 6.45) is 0.796. The van der Waals surface area contributed by atoms with Gasteiger partial charge in [0.25, 0.3) is 5.91 Å². The third-order valence-corrected chi connectivity index (χ3v) is 4.03. The molecule has 2 aromatic carbocycles. The molecule has 0 saturated carbocycles. The van der Waals surface area contributed by atoms with Crippen molar-refractivity contribution in [2.24, 2.45) is 11.7 Å². The minimum absolute atomic E-state index is 0.0551. The molecule has 0 radical (unpaired) electrons. The Labute approximate surface area is 146 Å². The van der Waals surface area contributed by atoms with Gasteiger partial charge in [-0.2, -0.15) is 0 Å². The van der Waals surface area contributed by atoms with Crippen LogP contribution in [0.2, 0.25) is 0 Å². The van der Waals surface area contributed by atoms with Crippen LogP contribution in [0.4, 0.5) is 15.8 Å². The van der Waals surface area contributed by atoms with Crippen LogP contribution in [0.5, 0.6) is 0 Å². The molecule has 0 saturated heterocycles. The Hall–Kier alpha value is -2.73. The monoisotopic (exact) mass is 343 g/mol. The number of hydrogen-bond acceptors (Lipinski definition) is 3. The smallest absolute Gasteiger partial charge is 0.255 e. The summed E-state index contributed by atoms with van der Waals surface area (Å²) in [6.45, 7) is 3.88. The lowest BCUT2D eigenvalue weighted by Crippen LogP contribution is -2.40. The number of benzene rings is 2. The van der Waals surface area contributed by atoms with E-state index in [1.807, 2.05) is 13.8 Å². The number of halogens is 1. The fourth-order valence-electron chi connectivity index (χ4n) is 2.25. The molecule has 2 rings (SSSR count). The Morgan fingerprint density at radius 3 is 2.36 bits per heavy atom. The Kier molecular flexibility index (Phi) is 6.25. The van der Waals surface area contributed by atoms with Gasteiger partial charge < -0.3 is 16.4 Å². The number of nitrogens with one attached hydrogen (secondary N) is 2. The van der Waals surface area contributed by atoms with Gasteiger partial charge in [-0.15, -0.1) is 0 Å². The van der Waals surface area contributed by atoms with E-state index in [-0.39, 0.29) is 11.8 Å². The number of amides is 2. The van der Waals surface area contributed by atoms with Crippen molar-refractivity contribution in [2.45, 2.75) is 26.3 Å². The lowest BCUT2D eigenvalue weighted by atomic mass is 9.99. The van der Waals surface area contributed by atoms with Crippen molar-refractivity contribution in [1.29, 1.82) is 0 Å². The molecule has 2 unspecified atom stereocenters. The van der Waals surface area contributed by atoms with Gasteiger partial charge in [-0.3, -0.25) is 9.59 Å². The highest BCUT2D eigenvalue weighted by Gasteiger charge is 2.19. The van der Waals surface area contributed by atoms with E-state index in [0.717, 1.165) is 6.42 Å². The zero-order valence-electron chi connectivity index (χ0n) is 14.3. The van der Waals surface area contributed by atoms with E-state index >= 15 is 0 Å². The average molecular weight is 343 g/mol. The second-order valence-electron chi connectivity index (χ2n) is 5.95. The lowest BCUT2D eigenvalue weighted by molar-refractivity contribution is -0.118. The van der Waals surface area contributed by atoms with Crippen LogP contribution >= 0.6 is 0 Å². The van der Waals surface area contributed by atoms with Crippen LogP contribution in [-0.2, 0) is 4.79 Å². The standard InChI is InChI=1S/C19H22FN3O2/c1-3-12(2)17(21)19(25)23-15-8-4-6-13(10-15)18(24)22-16-9-5-7-14(20)11-16/h4-12,17H,3,21H2,1-2H3,(H,22,24)(H,23,25). The Morgan fingerprint density at radius 1 is 1.08 bits per heavy atom. The SMILES string of the molecule is CCC(C)C(N)C(=O)Nc1cccc(C(=O)Nc2cccc(F)c2)c1. The van der Waals surface area contributed by atoms with Crippen LogP contribution in [0.3, 0.4) is 0 Å². The molecule has 132 valence electrons. The summed E-state index contributed by atoms with van der Waals surface area (Å²) in [7, 11) is 0. The van der Waals surface area contributed by atoms with Crippen LogP contribution in [0.25, 0.3) is 0 Å². The summed E-state index contributed by atoms with van der Waals surface area (Å²) in [5.41, 5.74) is 7.09. The van der Waals surface area contributed by atoms with Crippen molar-refractivity contribution in [1.82, 2.24) is 0 Å². The van der Waals surface area contributed by atoms with Crippen molar-refractivity contribution in [3.8, 4) is 0 Å². The maximum atomic E-state index is 13.2. The van der Waals surface area contributed by atoms with Gasteiger partial charge in [-0.05, 0) is 42.3 Å². The fourth-order valence-corrected chi connectivity index (χ4v) is 2.25. The van der Waals surface area contributed by atoms with Crippen LogP contribution in [0, 0.1) is 11.7 Å². The molecule has 2 atom stereocenters. The van der Waals surface area contributed by atoms with E-state index in [2.05, 4.69) is 10.6 Å².